The van der Waals surface area contributed by atoms with Crippen LogP contribution in [0.15, 0.2) is 23.1 Å². The molecule has 3 atom stereocenters. The van der Waals surface area contributed by atoms with Crippen molar-refractivity contribution in [2.75, 3.05) is 31.6 Å². The lowest BCUT2D eigenvalue weighted by Crippen LogP contribution is -2.42. The van der Waals surface area contributed by atoms with E-state index in [0.29, 0.717) is 42.6 Å². The Morgan fingerprint density at radius 2 is 2.03 bits per heavy atom. The van der Waals surface area contributed by atoms with Crippen molar-refractivity contribution >= 4 is 16.9 Å². The Morgan fingerprint density at radius 3 is 2.74 bits per heavy atom. The van der Waals surface area contributed by atoms with Crippen LogP contribution in [0.25, 0.3) is 22.2 Å². The van der Waals surface area contributed by atoms with Crippen molar-refractivity contribution in [3.05, 3.63) is 51.2 Å². The van der Waals surface area contributed by atoms with Crippen LogP contribution in [0.5, 0.6) is 0 Å². The molecule has 210 valence electrons. The first-order chi connectivity index (χ1) is 18.6. The Kier molecular flexibility index (Phi) is 8.00. The lowest BCUT2D eigenvalue weighted by molar-refractivity contribution is -0.0136. The number of aromatic nitrogens is 3. The van der Waals surface area contributed by atoms with Crippen LogP contribution in [0.1, 0.15) is 56.0 Å². The highest BCUT2D eigenvalue weighted by Crippen LogP contribution is 2.32. The molecule has 0 spiro atoms. The second-order valence-electron chi connectivity index (χ2n) is 11.2. The summed E-state index contributed by atoms with van der Waals surface area (Å²) in [6.07, 6.45) is 2.36. The lowest BCUT2D eigenvalue weighted by atomic mass is 9.98. The van der Waals surface area contributed by atoms with Crippen molar-refractivity contribution < 1.29 is 19.3 Å². The van der Waals surface area contributed by atoms with Crippen LogP contribution < -0.4 is 10.7 Å². The molecule has 3 aromatic rings. The number of pyridine rings is 1. The molecule has 2 fully saturated rings. The molecule has 2 aromatic heterocycles. The average molecular weight is 540 g/mol. The highest BCUT2D eigenvalue weighted by molar-refractivity contribution is 5.87. The normalized spacial score (nSPS) is 22.5. The number of benzene rings is 1. The van der Waals surface area contributed by atoms with E-state index < -0.39 is 11.9 Å². The van der Waals surface area contributed by atoms with Gasteiger partial charge in [-0.2, -0.15) is 0 Å². The van der Waals surface area contributed by atoms with Gasteiger partial charge in [-0.05, 0) is 71.2 Å². The maximum atomic E-state index is 15.2. The fourth-order valence-corrected chi connectivity index (χ4v) is 5.85. The van der Waals surface area contributed by atoms with E-state index in [1.54, 1.807) is 0 Å². The molecule has 10 heteroatoms. The van der Waals surface area contributed by atoms with Gasteiger partial charge in [0.25, 0.3) is 0 Å². The number of hydrogen-bond donors (Lipinski definition) is 3. The van der Waals surface area contributed by atoms with E-state index in [9.17, 15) is 15.0 Å². The molecule has 0 aliphatic carbocycles. The monoisotopic (exact) mass is 539 g/mol. The third-order valence-corrected chi connectivity index (χ3v) is 7.92. The number of rotatable bonds is 6. The molecule has 39 heavy (non-hydrogen) atoms. The van der Waals surface area contributed by atoms with Gasteiger partial charge in [-0.3, -0.25) is 9.69 Å². The summed E-state index contributed by atoms with van der Waals surface area (Å²) in [6, 6.07) is 3.43. The van der Waals surface area contributed by atoms with Gasteiger partial charge in [0, 0.05) is 47.9 Å². The predicted molar refractivity (Wildman–Crippen MR) is 148 cm³/mol. The van der Waals surface area contributed by atoms with Gasteiger partial charge in [-0.15, -0.1) is 0 Å². The molecule has 4 heterocycles. The number of β-amino-alcohol motifs (C(OH)–C–C–N with tert-alkyl or cyclic N) is 1. The summed E-state index contributed by atoms with van der Waals surface area (Å²) in [5, 5.41) is 24.2. The number of hydrogen-bond acceptors (Lipinski definition) is 8. The quantitative estimate of drug-likeness (QED) is 0.438. The highest BCUT2D eigenvalue weighted by atomic mass is 19.1. The molecule has 2 saturated heterocycles. The van der Waals surface area contributed by atoms with E-state index in [4.69, 9.17) is 4.74 Å². The van der Waals surface area contributed by atoms with Crippen molar-refractivity contribution in [2.45, 2.75) is 77.8 Å². The van der Waals surface area contributed by atoms with Crippen LogP contribution in [0.3, 0.4) is 0 Å². The van der Waals surface area contributed by atoms with Crippen LogP contribution in [-0.2, 0) is 11.3 Å². The minimum atomic E-state index is -0.707. The third kappa shape index (κ3) is 5.56. The Hall–Kier alpha value is -2.92. The van der Waals surface area contributed by atoms with E-state index in [1.165, 1.54) is 0 Å². The first-order valence-electron chi connectivity index (χ1n) is 13.8. The molecule has 9 nitrogen and oxygen atoms in total. The summed E-state index contributed by atoms with van der Waals surface area (Å²) >= 11 is 0. The summed E-state index contributed by atoms with van der Waals surface area (Å²) in [5.74, 6) is -0.338. The fourth-order valence-electron chi connectivity index (χ4n) is 5.85. The van der Waals surface area contributed by atoms with Crippen molar-refractivity contribution in [3.63, 3.8) is 0 Å². The van der Waals surface area contributed by atoms with Gasteiger partial charge in [0.1, 0.15) is 5.69 Å². The van der Waals surface area contributed by atoms with Crippen LogP contribution in [0, 0.1) is 19.7 Å². The summed E-state index contributed by atoms with van der Waals surface area (Å²) < 4.78 is 22.7. The first-order valence-corrected chi connectivity index (χ1v) is 13.8. The molecule has 2 aliphatic heterocycles. The molecule has 1 aromatic carbocycles. The second-order valence-corrected chi connectivity index (χ2v) is 11.2. The molecule has 0 saturated carbocycles. The van der Waals surface area contributed by atoms with Crippen molar-refractivity contribution in [1.29, 1.82) is 0 Å². The topological polar surface area (TPSA) is 113 Å². The number of fused-ring (bicyclic) bond motifs is 1. The Bertz CT molecular complexity index is 1430. The number of halogens is 1. The summed E-state index contributed by atoms with van der Waals surface area (Å²) in [6.45, 7) is 10.6. The number of ether oxygens (including phenoxy) is 1. The van der Waals surface area contributed by atoms with Gasteiger partial charge in [0.15, 0.2) is 11.2 Å². The number of likely N-dealkylation sites (tertiary alicyclic amines) is 1. The van der Waals surface area contributed by atoms with Crippen LogP contribution in [0.4, 0.5) is 10.3 Å². The SMILES string of the molecule is Cc1cc2c(=O)c(C)c(CN3CCC[C@H](O)C3)n(C(C)C)c2cc1-c1nc(N[C@@H]2CCOC[C@H]2O)ncc1F. The van der Waals surface area contributed by atoms with Gasteiger partial charge < -0.3 is 24.8 Å². The molecular weight excluding hydrogens is 501 g/mol. The van der Waals surface area contributed by atoms with Gasteiger partial charge in [-0.1, -0.05) is 0 Å². The van der Waals surface area contributed by atoms with Gasteiger partial charge >= 0.3 is 0 Å². The number of nitrogens with zero attached hydrogens (tertiary/aromatic N) is 4. The average Bonchev–Trinajstić information content (AvgIpc) is 2.89. The summed E-state index contributed by atoms with van der Waals surface area (Å²) in [5.41, 5.74) is 3.73. The van der Waals surface area contributed by atoms with E-state index in [-0.39, 0.29) is 41.9 Å². The standard InChI is InChI=1S/C29H38FN5O4/c1-16(2)35-24-11-20(27-22(30)12-31-29(33-27)32-23-7-9-39-15-26(23)37)17(3)10-21(24)28(38)18(4)25(35)14-34-8-5-6-19(36)13-34/h10-12,16,19,23,26,36-37H,5-9,13-15H2,1-4H3,(H,31,32,33)/t19-,23+,26+/m0/s1. The zero-order valence-electron chi connectivity index (χ0n) is 23.1. The number of anilines is 1. The molecule has 0 bridgehead atoms. The van der Waals surface area contributed by atoms with Gasteiger partial charge in [0.05, 0.1) is 36.6 Å². The number of piperidine rings is 1. The summed E-state index contributed by atoms with van der Waals surface area (Å²) in [7, 11) is 0. The number of aliphatic hydroxyl groups is 2. The van der Waals surface area contributed by atoms with Crippen LogP contribution in [-0.4, -0.2) is 74.2 Å². The molecule has 5 rings (SSSR count). The van der Waals surface area contributed by atoms with E-state index in [0.717, 1.165) is 42.4 Å². The number of aliphatic hydroxyl groups excluding tert-OH is 2. The lowest BCUT2D eigenvalue weighted by Gasteiger charge is -2.32. The Labute approximate surface area is 227 Å². The molecular formula is C29H38FN5O4. The highest BCUT2D eigenvalue weighted by Gasteiger charge is 2.26. The first kappa shape index (κ1) is 27.6. The van der Waals surface area contributed by atoms with Crippen molar-refractivity contribution in [2.24, 2.45) is 0 Å². The molecule has 2 aliphatic rings. The van der Waals surface area contributed by atoms with Crippen LogP contribution in [0.2, 0.25) is 0 Å². The molecule has 0 radical (unpaired) electrons. The zero-order chi connectivity index (χ0) is 27.8. The maximum absolute atomic E-state index is 15.2. The second kappa shape index (κ2) is 11.3. The van der Waals surface area contributed by atoms with E-state index in [2.05, 4.69) is 38.6 Å². The van der Waals surface area contributed by atoms with Crippen LogP contribution >= 0.6 is 0 Å². The maximum Gasteiger partial charge on any atom is 0.223 e. The number of nitrogens with one attached hydrogen (secondary N) is 1. The smallest absolute Gasteiger partial charge is 0.223 e. The van der Waals surface area contributed by atoms with Crippen molar-refractivity contribution in [1.82, 2.24) is 19.4 Å². The molecule has 0 amide bonds. The van der Waals surface area contributed by atoms with Gasteiger partial charge in [0.2, 0.25) is 5.95 Å². The van der Waals surface area contributed by atoms with Crippen molar-refractivity contribution in [3.8, 4) is 11.3 Å². The zero-order valence-corrected chi connectivity index (χ0v) is 23.1. The Morgan fingerprint density at radius 1 is 1.23 bits per heavy atom. The minimum absolute atomic E-state index is 0.0366. The fraction of sp³-hybridized carbons (Fsp3) is 0.552. The number of aryl methyl sites for hydroxylation is 1. The Balaban J connectivity index is 1.61. The molecule has 3 N–H and O–H groups in total. The van der Waals surface area contributed by atoms with E-state index >= 15 is 4.39 Å². The van der Waals surface area contributed by atoms with E-state index in [1.807, 2.05) is 26.0 Å². The summed E-state index contributed by atoms with van der Waals surface area (Å²) in [4.78, 5) is 24.4. The van der Waals surface area contributed by atoms with Gasteiger partial charge in [-0.25, -0.2) is 14.4 Å². The predicted octanol–water partition coefficient (Wildman–Crippen LogP) is 3.31. The largest absolute Gasteiger partial charge is 0.392 e. The molecule has 0 unspecified atom stereocenters. The third-order valence-electron chi connectivity index (χ3n) is 7.92. The minimum Gasteiger partial charge on any atom is -0.392 e.